The third-order valence-corrected chi connectivity index (χ3v) is 8.44. The zero-order valence-corrected chi connectivity index (χ0v) is 24.3. The molecule has 43 heavy (non-hydrogen) atoms. The minimum Gasteiger partial charge on any atom is -0.455 e. The van der Waals surface area contributed by atoms with Crippen molar-refractivity contribution >= 4 is 16.9 Å². The molecule has 2 aliphatic rings. The summed E-state index contributed by atoms with van der Waals surface area (Å²) in [7, 11) is 0. The molecule has 1 fully saturated rings. The lowest BCUT2D eigenvalue weighted by Gasteiger charge is -2.34. The van der Waals surface area contributed by atoms with E-state index in [2.05, 4.69) is 31.7 Å². The van der Waals surface area contributed by atoms with Crippen LogP contribution in [0.4, 0.5) is 13.2 Å². The number of fused-ring (bicyclic) bond motifs is 2. The first-order valence-corrected chi connectivity index (χ1v) is 14.7. The van der Waals surface area contributed by atoms with Gasteiger partial charge in [0.2, 0.25) is 5.91 Å². The fraction of sp³-hybridized carbons (Fsp3) is 0.406. The molecular weight excluding hydrogens is 557 g/mol. The molecule has 8 nitrogen and oxygen atoms in total. The van der Waals surface area contributed by atoms with E-state index in [0.717, 1.165) is 55.4 Å². The number of pyridine rings is 2. The largest absolute Gasteiger partial charge is 0.455 e. The highest BCUT2D eigenvalue weighted by Crippen LogP contribution is 2.35. The Kier molecular flexibility index (Phi) is 8.11. The number of likely N-dealkylation sites (N-methyl/N-ethyl adjacent to an activating group) is 1. The van der Waals surface area contributed by atoms with Crippen LogP contribution in [-0.2, 0) is 30.5 Å². The summed E-state index contributed by atoms with van der Waals surface area (Å²) in [4.78, 5) is 31.4. The lowest BCUT2D eigenvalue weighted by molar-refractivity contribution is -0.138. The molecule has 11 heteroatoms. The molecule has 1 aromatic carbocycles. The zero-order chi connectivity index (χ0) is 30.1. The number of halogens is 3. The van der Waals surface area contributed by atoms with Crippen molar-refractivity contribution in [3.63, 3.8) is 0 Å². The van der Waals surface area contributed by atoms with Crippen molar-refractivity contribution in [1.29, 1.82) is 0 Å². The summed E-state index contributed by atoms with van der Waals surface area (Å²) in [5.41, 5.74) is 2.41. The molecule has 3 aromatic heterocycles. The minimum absolute atomic E-state index is 0.0275. The van der Waals surface area contributed by atoms with Crippen molar-refractivity contribution in [2.45, 2.75) is 45.5 Å². The van der Waals surface area contributed by atoms with Crippen LogP contribution in [0.5, 0.6) is 11.5 Å². The van der Waals surface area contributed by atoms with Gasteiger partial charge >= 0.3 is 6.18 Å². The summed E-state index contributed by atoms with van der Waals surface area (Å²) in [5.74, 6) is 0.927. The standard InChI is InChI=1S/C32H35F3N6O2/c1-3-39-10-12-40(13-11-39)19-23-5-4-22(14-27(23)32(33,34)35)15-29(42)41-18-21(2)30-24(20-41)16-25(17-38-30)43-28-7-9-37-31-26(28)6-8-36-31/h4-9,14,16-17,21H,3,10-13,15,18-20H2,1-2H3,(H,36,37)/t21-/m0/s1. The van der Waals surface area contributed by atoms with Crippen molar-refractivity contribution < 1.29 is 22.7 Å². The Hall–Kier alpha value is -3.96. The van der Waals surface area contributed by atoms with E-state index < -0.39 is 11.7 Å². The molecule has 0 unspecified atom stereocenters. The number of rotatable bonds is 7. The van der Waals surface area contributed by atoms with Crippen LogP contribution in [0, 0.1) is 0 Å². The highest BCUT2D eigenvalue weighted by Gasteiger charge is 2.35. The van der Waals surface area contributed by atoms with E-state index in [-0.39, 0.29) is 30.4 Å². The molecule has 4 aromatic rings. The van der Waals surface area contributed by atoms with Gasteiger partial charge in [-0.05, 0) is 47.5 Å². The Balaban J connectivity index is 1.16. The number of nitrogens with zero attached hydrogens (tertiary/aromatic N) is 5. The monoisotopic (exact) mass is 592 g/mol. The number of ether oxygens (including phenoxy) is 1. The highest BCUT2D eigenvalue weighted by molar-refractivity contribution is 5.82. The molecule has 0 saturated carbocycles. The van der Waals surface area contributed by atoms with Gasteiger partial charge in [0.25, 0.3) is 0 Å². The Morgan fingerprint density at radius 1 is 1.07 bits per heavy atom. The normalized spacial score (nSPS) is 18.2. The van der Waals surface area contributed by atoms with Gasteiger partial charge in [-0.3, -0.25) is 14.7 Å². The first-order valence-electron chi connectivity index (χ1n) is 14.7. The maximum atomic E-state index is 14.1. The summed E-state index contributed by atoms with van der Waals surface area (Å²) in [6, 6.07) is 9.90. The van der Waals surface area contributed by atoms with Crippen LogP contribution in [0.3, 0.4) is 0 Å². The van der Waals surface area contributed by atoms with E-state index in [4.69, 9.17) is 4.74 Å². The SMILES string of the molecule is CCN1CCN(Cc2ccc(CC(=O)N3Cc4cc(Oc5ccnc6[nH]ccc56)cnc4[C@@H](C)C3)cc2C(F)(F)F)CC1. The molecule has 6 rings (SSSR count). The second-order valence-corrected chi connectivity index (χ2v) is 11.4. The van der Waals surface area contributed by atoms with E-state index in [1.54, 1.807) is 41.7 Å². The van der Waals surface area contributed by atoms with Gasteiger partial charge in [-0.2, -0.15) is 13.2 Å². The predicted molar refractivity (Wildman–Crippen MR) is 157 cm³/mol. The third kappa shape index (κ3) is 6.37. The van der Waals surface area contributed by atoms with Gasteiger partial charge in [-0.25, -0.2) is 4.98 Å². The number of aromatic nitrogens is 3. The number of piperazine rings is 1. The number of aromatic amines is 1. The topological polar surface area (TPSA) is 77.6 Å². The van der Waals surface area contributed by atoms with Gasteiger partial charge in [0, 0.05) is 64.1 Å². The lowest BCUT2D eigenvalue weighted by Crippen LogP contribution is -2.45. The van der Waals surface area contributed by atoms with E-state index in [1.165, 1.54) is 0 Å². The summed E-state index contributed by atoms with van der Waals surface area (Å²) in [5, 5.41) is 0.841. The number of alkyl halides is 3. The van der Waals surface area contributed by atoms with Crippen LogP contribution in [-0.4, -0.2) is 74.8 Å². The van der Waals surface area contributed by atoms with Crippen LogP contribution in [0.25, 0.3) is 11.0 Å². The van der Waals surface area contributed by atoms with E-state index in [0.29, 0.717) is 35.8 Å². The number of carbonyl (C=O) groups is 1. The molecule has 0 spiro atoms. The molecule has 0 aliphatic carbocycles. The Labute approximate surface area is 248 Å². The molecule has 1 atom stereocenters. The van der Waals surface area contributed by atoms with E-state index in [1.807, 2.05) is 19.1 Å². The zero-order valence-electron chi connectivity index (χ0n) is 24.3. The molecule has 1 amide bonds. The van der Waals surface area contributed by atoms with Crippen molar-refractivity contribution in [2.24, 2.45) is 0 Å². The van der Waals surface area contributed by atoms with Crippen molar-refractivity contribution in [3.05, 3.63) is 82.9 Å². The van der Waals surface area contributed by atoms with Crippen molar-refractivity contribution in [2.75, 3.05) is 39.3 Å². The summed E-state index contributed by atoms with van der Waals surface area (Å²) < 4.78 is 48.5. The number of hydrogen-bond acceptors (Lipinski definition) is 6. The molecule has 0 radical (unpaired) electrons. The van der Waals surface area contributed by atoms with Gasteiger partial charge in [0.05, 0.1) is 29.3 Å². The number of nitrogens with one attached hydrogen (secondary N) is 1. The van der Waals surface area contributed by atoms with Crippen molar-refractivity contribution in [1.82, 2.24) is 29.7 Å². The molecule has 5 heterocycles. The molecule has 1 N–H and O–H groups in total. The lowest BCUT2D eigenvalue weighted by atomic mass is 9.95. The van der Waals surface area contributed by atoms with Crippen LogP contribution < -0.4 is 4.74 Å². The van der Waals surface area contributed by atoms with Gasteiger partial charge in [-0.15, -0.1) is 0 Å². The van der Waals surface area contributed by atoms with Crippen molar-refractivity contribution in [3.8, 4) is 11.5 Å². The fourth-order valence-corrected chi connectivity index (χ4v) is 6.08. The molecular formula is C32H35F3N6O2. The van der Waals surface area contributed by atoms with Crippen LogP contribution in [0.15, 0.2) is 55.0 Å². The number of benzene rings is 1. The molecule has 0 bridgehead atoms. The minimum atomic E-state index is -4.50. The first kappa shape index (κ1) is 29.1. The second kappa shape index (κ2) is 12.0. The second-order valence-electron chi connectivity index (χ2n) is 11.4. The Morgan fingerprint density at radius 3 is 2.63 bits per heavy atom. The first-order chi connectivity index (χ1) is 20.7. The van der Waals surface area contributed by atoms with Crippen LogP contribution >= 0.6 is 0 Å². The quantitative estimate of drug-likeness (QED) is 0.301. The average Bonchev–Trinajstić information content (AvgIpc) is 3.48. The smallest absolute Gasteiger partial charge is 0.416 e. The predicted octanol–water partition coefficient (Wildman–Crippen LogP) is 5.59. The number of amides is 1. The van der Waals surface area contributed by atoms with Gasteiger partial charge in [0.1, 0.15) is 17.1 Å². The van der Waals surface area contributed by atoms with Gasteiger partial charge < -0.3 is 19.5 Å². The highest BCUT2D eigenvalue weighted by atomic mass is 19.4. The summed E-state index contributed by atoms with van der Waals surface area (Å²) in [6.07, 6.45) is 0.525. The van der Waals surface area contributed by atoms with E-state index in [9.17, 15) is 18.0 Å². The third-order valence-electron chi connectivity index (χ3n) is 8.44. The number of hydrogen-bond donors (Lipinski definition) is 1. The molecule has 1 saturated heterocycles. The van der Waals surface area contributed by atoms with E-state index >= 15 is 0 Å². The van der Waals surface area contributed by atoms with Crippen LogP contribution in [0.1, 0.15) is 47.7 Å². The number of H-pyrrole nitrogens is 1. The molecule has 2 aliphatic heterocycles. The van der Waals surface area contributed by atoms with Gasteiger partial charge in [0.15, 0.2) is 0 Å². The Bertz CT molecular complexity index is 1610. The Morgan fingerprint density at radius 2 is 1.86 bits per heavy atom. The van der Waals surface area contributed by atoms with Crippen LogP contribution in [0.2, 0.25) is 0 Å². The average molecular weight is 593 g/mol. The maximum absolute atomic E-state index is 14.1. The summed E-state index contributed by atoms with van der Waals surface area (Å²) >= 11 is 0. The molecule has 226 valence electrons. The maximum Gasteiger partial charge on any atom is 0.416 e. The summed E-state index contributed by atoms with van der Waals surface area (Å²) in [6.45, 7) is 9.21. The van der Waals surface area contributed by atoms with Gasteiger partial charge in [-0.1, -0.05) is 26.0 Å². The number of carbonyl (C=O) groups excluding carboxylic acids is 1. The fourth-order valence-electron chi connectivity index (χ4n) is 6.08.